The minimum atomic E-state index is -0.291. The van der Waals surface area contributed by atoms with E-state index in [9.17, 15) is 4.79 Å². The van der Waals surface area contributed by atoms with Crippen LogP contribution in [0.25, 0.3) is 0 Å². The number of aromatic nitrogens is 1. The molecule has 0 aliphatic heterocycles. The van der Waals surface area contributed by atoms with Crippen LogP contribution in [0.5, 0.6) is 0 Å². The quantitative estimate of drug-likeness (QED) is 0.849. The van der Waals surface area contributed by atoms with E-state index in [-0.39, 0.29) is 18.2 Å². The van der Waals surface area contributed by atoms with Crippen molar-refractivity contribution < 1.29 is 14.1 Å². The Kier molecular flexibility index (Phi) is 4.13. The highest BCUT2D eigenvalue weighted by molar-refractivity contribution is 6.04. The molecule has 1 heterocycles. The Labute approximate surface area is 116 Å². The third-order valence-corrected chi connectivity index (χ3v) is 2.75. The number of amides is 1. The minimum Gasteiger partial charge on any atom is -0.377 e. The highest BCUT2D eigenvalue weighted by Crippen LogP contribution is 2.16. The van der Waals surface area contributed by atoms with Crippen molar-refractivity contribution in [1.82, 2.24) is 5.16 Å². The molecule has 2 rings (SSSR count). The Morgan fingerprint density at radius 3 is 2.75 bits per heavy atom. The molecule has 0 unspecified atom stereocenters. The van der Waals surface area contributed by atoms with E-state index in [1.54, 1.807) is 37.4 Å². The van der Waals surface area contributed by atoms with Crippen molar-refractivity contribution in [2.45, 2.75) is 6.61 Å². The fourth-order valence-electron chi connectivity index (χ4n) is 1.67. The van der Waals surface area contributed by atoms with Crippen LogP contribution in [0.4, 0.5) is 5.69 Å². The first-order valence-electron chi connectivity index (χ1n) is 5.88. The Balaban J connectivity index is 2.16. The van der Waals surface area contributed by atoms with Gasteiger partial charge in [0.25, 0.3) is 5.91 Å². The number of carbonyl (C=O) groups is 1. The van der Waals surface area contributed by atoms with Crippen LogP contribution in [0.3, 0.4) is 0 Å². The van der Waals surface area contributed by atoms with Crippen molar-refractivity contribution in [3.63, 3.8) is 0 Å². The highest BCUT2D eigenvalue weighted by Gasteiger charge is 2.18. The fourth-order valence-corrected chi connectivity index (χ4v) is 1.67. The van der Waals surface area contributed by atoms with Gasteiger partial charge in [-0.25, -0.2) is 0 Å². The minimum absolute atomic E-state index is 0.212. The molecule has 1 aromatic heterocycles. The number of ether oxygens (including phenoxy) is 1. The summed E-state index contributed by atoms with van der Waals surface area (Å²) >= 11 is 0. The van der Waals surface area contributed by atoms with Gasteiger partial charge in [-0.05, 0) is 24.3 Å². The van der Waals surface area contributed by atoms with Gasteiger partial charge in [0.1, 0.15) is 6.61 Å². The Morgan fingerprint density at radius 2 is 2.15 bits per heavy atom. The largest absolute Gasteiger partial charge is 0.377 e. The van der Waals surface area contributed by atoms with Gasteiger partial charge in [0.15, 0.2) is 11.5 Å². The predicted molar refractivity (Wildman–Crippen MR) is 71.1 cm³/mol. The standard InChI is InChI=1S/C14H13N3O3/c1-17(11-5-3-10(8-15)4-6-11)14(18)13-7-12(9-19-2)20-16-13/h3-7H,9H2,1-2H3. The number of hydrogen-bond acceptors (Lipinski definition) is 5. The lowest BCUT2D eigenvalue weighted by Crippen LogP contribution is -2.26. The highest BCUT2D eigenvalue weighted by atomic mass is 16.5. The fraction of sp³-hybridized carbons (Fsp3) is 0.214. The number of hydrogen-bond donors (Lipinski definition) is 0. The van der Waals surface area contributed by atoms with E-state index in [1.165, 1.54) is 12.0 Å². The van der Waals surface area contributed by atoms with Crippen molar-refractivity contribution in [2.75, 3.05) is 19.1 Å². The summed E-state index contributed by atoms with van der Waals surface area (Å²) in [6, 6.07) is 10.3. The molecular formula is C14H13N3O3. The van der Waals surface area contributed by atoms with Crippen molar-refractivity contribution in [3.05, 3.63) is 47.3 Å². The molecule has 0 radical (unpaired) electrons. The van der Waals surface area contributed by atoms with E-state index >= 15 is 0 Å². The Morgan fingerprint density at radius 1 is 1.45 bits per heavy atom. The average molecular weight is 271 g/mol. The Bertz CT molecular complexity index is 640. The lowest BCUT2D eigenvalue weighted by atomic mass is 10.2. The van der Waals surface area contributed by atoms with E-state index in [2.05, 4.69) is 5.16 Å². The molecule has 0 N–H and O–H groups in total. The molecule has 0 atom stereocenters. The number of nitrogens with zero attached hydrogens (tertiary/aromatic N) is 3. The zero-order valence-electron chi connectivity index (χ0n) is 11.2. The number of rotatable bonds is 4. The van der Waals surface area contributed by atoms with Crippen LogP contribution in [0.1, 0.15) is 21.8 Å². The second-order valence-electron chi connectivity index (χ2n) is 4.13. The predicted octanol–water partition coefficient (Wildman–Crippen LogP) is 1.97. The van der Waals surface area contributed by atoms with Crippen LogP contribution < -0.4 is 4.90 Å². The molecule has 1 amide bonds. The molecule has 0 fully saturated rings. The summed E-state index contributed by atoms with van der Waals surface area (Å²) in [4.78, 5) is 13.7. The smallest absolute Gasteiger partial charge is 0.280 e. The van der Waals surface area contributed by atoms with Crippen LogP contribution in [-0.4, -0.2) is 25.2 Å². The van der Waals surface area contributed by atoms with Crippen LogP contribution in [-0.2, 0) is 11.3 Å². The molecule has 0 aliphatic rings. The van der Waals surface area contributed by atoms with E-state index < -0.39 is 0 Å². The maximum Gasteiger partial charge on any atom is 0.280 e. The van der Waals surface area contributed by atoms with Crippen molar-refractivity contribution in [3.8, 4) is 6.07 Å². The van der Waals surface area contributed by atoms with E-state index in [0.717, 1.165) is 0 Å². The van der Waals surface area contributed by atoms with Gasteiger partial charge in [0.2, 0.25) is 0 Å². The zero-order valence-corrected chi connectivity index (χ0v) is 11.2. The molecule has 6 nitrogen and oxygen atoms in total. The third-order valence-electron chi connectivity index (χ3n) is 2.75. The molecule has 0 spiro atoms. The van der Waals surface area contributed by atoms with Gasteiger partial charge in [-0.2, -0.15) is 5.26 Å². The van der Waals surface area contributed by atoms with E-state index in [1.807, 2.05) is 6.07 Å². The first-order valence-corrected chi connectivity index (χ1v) is 5.88. The van der Waals surface area contributed by atoms with Gasteiger partial charge in [-0.1, -0.05) is 5.16 Å². The lowest BCUT2D eigenvalue weighted by molar-refractivity contribution is 0.0983. The maximum absolute atomic E-state index is 12.2. The van der Waals surface area contributed by atoms with E-state index in [4.69, 9.17) is 14.5 Å². The number of anilines is 1. The summed E-state index contributed by atoms with van der Waals surface area (Å²) in [5.74, 6) is 0.199. The van der Waals surface area contributed by atoms with Crippen molar-refractivity contribution >= 4 is 11.6 Å². The summed E-state index contributed by atoms with van der Waals surface area (Å²) in [6.45, 7) is 0.265. The molecule has 6 heteroatoms. The molecule has 0 saturated carbocycles. The summed E-state index contributed by atoms with van der Waals surface area (Å²) in [6.07, 6.45) is 0. The van der Waals surface area contributed by atoms with Gasteiger partial charge < -0.3 is 14.2 Å². The van der Waals surface area contributed by atoms with Gasteiger partial charge in [0, 0.05) is 25.9 Å². The number of nitriles is 1. The normalized spacial score (nSPS) is 10.1. The van der Waals surface area contributed by atoms with Crippen LogP contribution in [0, 0.1) is 11.3 Å². The maximum atomic E-state index is 12.2. The summed E-state index contributed by atoms with van der Waals surface area (Å²) in [7, 11) is 3.17. The molecule has 2 aromatic rings. The Hall–Kier alpha value is -2.65. The monoisotopic (exact) mass is 271 g/mol. The van der Waals surface area contributed by atoms with Gasteiger partial charge >= 0.3 is 0 Å². The molecule has 0 saturated heterocycles. The molecule has 1 aromatic carbocycles. The summed E-state index contributed by atoms with van der Waals surface area (Å²) < 4.78 is 9.89. The SMILES string of the molecule is COCc1cc(C(=O)N(C)c2ccc(C#N)cc2)no1. The average Bonchev–Trinajstić information content (AvgIpc) is 2.95. The molecule has 20 heavy (non-hydrogen) atoms. The van der Waals surface area contributed by atoms with Crippen LogP contribution in [0.15, 0.2) is 34.9 Å². The third kappa shape index (κ3) is 2.84. The van der Waals surface area contributed by atoms with Crippen molar-refractivity contribution in [1.29, 1.82) is 5.26 Å². The van der Waals surface area contributed by atoms with Crippen molar-refractivity contribution in [2.24, 2.45) is 0 Å². The van der Waals surface area contributed by atoms with Gasteiger partial charge in [0.05, 0.1) is 11.6 Å². The number of benzene rings is 1. The molecule has 102 valence electrons. The zero-order chi connectivity index (χ0) is 14.5. The van der Waals surface area contributed by atoms with Gasteiger partial charge in [-0.3, -0.25) is 4.79 Å². The summed E-state index contributed by atoms with van der Waals surface area (Å²) in [5, 5.41) is 12.5. The lowest BCUT2D eigenvalue weighted by Gasteiger charge is -2.15. The first-order chi connectivity index (χ1) is 9.65. The number of carbonyl (C=O) groups excluding carboxylic acids is 1. The van der Waals surface area contributed by atoms with E-state index in [0.29, 0.717) is 17.0 Å². The first kappa shape index (κ1) is 13.8. The number of methoxy groups -OCH3 is 1. The second-order valence-corrected chi connectivity index (χ2v) is 4.13. The van der Waals surface area contributed by atoms with Crippen LogP contribution in [0.2, 0.25) is 0 Å². The molecule has 0 aliphatic carbocycles. The van der Waals surface area contributed by atoms with Crippen LogP contribution >= 0.6 is 0 Å². The molecule has 0 bridgehead atoms. The second kappa shape index (κ2) is 5.99. The van der Waals surface area contributed by atoms with Gasteiger partial charge in [-0.15, -0.1) is 0 Å². The molecular weight excluding hydrogens is 258 g/mol. The summed E-state index contributed by atoms with van der Waals surface area (Å²) in [5.41, 5.74) is 1.42. The topological polar surface area (TPSA) is 79.4 Å².